The van der Waals surface area contributed by atoms with E-state index in [0.29, 0.717) is 19.1 Å². The van der Waals surface area contributed by atoms with E-state index in [2.05, 4.69) is 27.7 Å². The van der Waals surface area contributed by atoms with Gasteiger partial charge in [-0.1, -0.05) is 12.1 Å². The van der Waals surface area contributed by atoms with E-state index in [-0.39, 0.29) is 12.0 Å². The Bertz CT molecular complexity index is 535. The second-order valence-electron chi connectivity index (χ2n) is 6.88. The largest absolute Gasteiger partial charge is 0.497 e. The minimum atomic E-state index is -0.330. The van der Waals surface area contributed by atoms with Crippen LogP contribution in [0.4, 0.5) is 0 Å². The predicted octanol–water partition coefficient (Wildman–Crippen LogP) is 1.01. The average molecular weight is 347 g/mol. The van der Waals surface area contributed by atoms with E-state index in [0.717, 1.165) is 51.3 Å². The third-order valence-corrected chi connectivity index (χ3v) is 5.06. The number of hydrogen-bond donors (Lipinski definition) is 2. The number of carbonyl (C=O) groups excluding carboxylic acids is 1. The Kier molecular flexibility index (Phi) is 6.67. The Balaban J connectivity index is 1.35. The van der Waals surface area contributed by atoms with Gasteiger partial charge in [-0.3, -0.25) is 9.69 Å². The molecule has 3 rings (SSSR count). The predicted molar refractivity (Wildman–Crippen MR) is 96.6 cm³/mol. The maximum atomic E-state index is 12.1. The van der Waals surface area contributed by atoms with E-state index < -0.39 is 0 Å². The van der Waals surface area contributed by atoms with Gasteiger partial charge in [-0.2, -0.15) is 0 Å². The van der Waals surface area contributed by atoms with Gasteiger partial charge in [0.05, 0.1) is 13.7 Å². The topological polar surface area (TPSA) is 62.8 Å². The third kappa shape index (κ3) is 5.42. The van der Waals surface area contributed by atoms with E-state index >= 15 is 0 Å². The van der Waals surface area contributed by atoms with Crippen molar-refractivity contribution >= 4 is 5.91 Å². The van der Waals surface area contributed by atoms with E-state index in [4.69, 9.17) is 9.47 Å². The van der Waals surface area contributed by atoms with Gasteiger partial charge in [0.1, 0.15) is 11.9 Å². The molecule has 2 aliphatic heterocycles. The molecule has 0 saturated carbocycles. The number of nitrogens with one attached hydrogen (secondary N) is 2. The molecule has 6 heteroatoms. The van der Waals surface area contributed by atoms with Crippen molar-refractivity contribution < 1.29 is 14.3 Å². The summed E-state index contributed by atoms with van der Waals surface area (Å²) in [5.41, 5.74) is 1.31. The molecular formula is C19H29N3O3. The molecule has 6 nitrogen and oxygen atoms in total. The quantitative estimate of drug-likeness (QED) is 0.804. The highest BCUT2D eigenvalue weighted by atomic mass is 16.5. The van der Waals surface area contributed by atoms with Crippen LogP contribution in [0.15, 0.2) is 24.3 Å². The lowest BCUT2D eigenvalue weighted by Gasteiger charge is -2.32. The van der Waals surface area contributed by atoms with Crippen molar-refractivity contribution in [1.29, 1.82) is 0 Å². The summed E-state index contributed by atoms with van der Waals surface area (Å²) in [5, 5.41) is 6.25. The minimum absolute atomic E-state index is 0.0212. The molecular weight excluding hydrogens is 318 g/mol. The number of hydrogen-bond acceptors (Lipinski definition) is 5. The fraction of sp³-hybridized carbons (Fsp3) is 0.632. The van der Waals surface area contributed by atoms with Crippen LogP contribution in [0.2, 0.25) is 0 Å². The van der Waals surface area contributed by atoms with E-state index in [1.807, 2.05) is 12.1 Å². The first-order valence-corrected chi connectivity index (χ1v) is 9.20. The highest BCUT2D eigenvalue weighted by Gasteiger charge is 2.24. The van der Waals surface area contributed by atoms with E-state index in [1.165, 1.54) is 5.56 Å². The Morgan fingerprint density at radius 2 is 2.08 bits per heavy atom. The van der Waals surface area contributed by atoms with Crippen molar-refractivity contribution in [2.24, 2.45) is 5.92 Å². The molecule has 2 heterocycles. The Morgan fingerprint density at radius 3 is 2.72 bits per heavy atom. The minimum Gasteiger partial charge on any atom is -0.497 e. The number of carbonyl (C=O) groups is 1. The van der Waals surface area contributed by atoms with Crippen LogP contribution in [0.5, 0.6) is 5.75 Å². The van der Waals surface area contributed by atoms with E-state index in [9.17, 15) is 4.79 Å². The molecule has 0 spiro atoms. The third-order valence-electron chi connectivity index (χ3n) is 5.06. The van der Waals surface area contributed by atoms with Crippen molar-refractivity contribution in [2.45, 2.75) is 25.5 Å². The van der Waals surface area contributed by atoms with Gasteiger partial charge in [-0.05, 0) is 49.5 Å². The van der Waals surface area contributed by atoms with Crippen LogP contribution in [0.3, 0.4) is 0 Å². The molecule has 1 atom stereocenters. The van der Waals surface area contributed by atoms with Gasteiger partial charge in [0.25, 0.3) is 0 Å². The number of amides is 1. The van der Waals surface area contributed by atoms with Gasteiger partial charge in [-0.25, -0.2) is 0 Å². The zero-order valence-corrected chi connectivity index (χ0v) is 15.0. The number of ether oxygens (including phenoxy) is 2. The van der Waals surface area contributed by atoms with Crippen LogP contribution in [-0.2, 0) is 16.1 Å². The zero-order chi connectivity index (χ0) is 17.5. The number of rotatable bonds is 6. The smallest absolute Gasteiger partial charge is 0.250 e. The fourth-order valence-electron chi connectivity index (χ4n) is 3.43. The number of morpholine rings is 1. The molecule has 0 radical (unpaired) electrons. The number of benzene rings is 1. The molecule has 2 saturated heterocycles. The highest BCUT2D eigenvalue weighted by molar-refractivity contribution is 5.81. The molecule has 0 aliphatic carbocycles. The molecule has 0 unspecified atom stereocenters. The molecule has 2 fully saturated rings. The van der Waals surface area contributed by atoms with Crippen molar-refractivity contribution in [1.82, 2.24) is 15.5 Å². The van der Waals surface area contributed by atoms with Crippen LogP contribution >= 0.6 is 0 Å². The summed E-state index contributed by atoms with van der Waals surface area (Å²) in [6.45, 7) is 5.95. The van der Waals surface area contributed by atoms with Gasteiger partial charge < -0.3 is 20.1 Å². The second-order valence-corrected chi connectivity index (χ2v) is 6.88. The molecule has 138 valence electrons. The lowest BCUT2D eigenvalue weighted by atomic mass is 9.96. The first kappa shape index (κ1) is 18.2. The molecule has 25 heavy (non-hydrogen) atoms. The van der Waals surface area contributed by atoms with Gasteiger partial charge in [0.15, 0.2) is 0 Å². The molecule has 2 aliphatic rings. The van der Waals surface area contributed by atoms with Crippen LogP contribution < -0.4 is 15.4 Å². The highest BCUT2D eigenvalue weighted by Crippen LogP contribution is 2.19. The summed E-state index contributed by atoms with van der Waals surface area (Å²) in [5.74, 6) is 1.48. The summed E-state index contributed by atoms with van der Waals surface area (Å²) in [7, 11) is 1.69. The van der Waals surface area contributed by atoms with Crippen LogP contribution in [0.1, 0.15) is 18.4 Å². The maximum Gasteiger partial charge on any atom is 0.250 e. The van der Waals surface area contributed by atoms with Gasteiger partial charge in [0.2, 0.25) is 5.91 Å². The molecule has 1 aromatic carbocycles. The molecule has 1 amide bonds. The van der Waals surface area contributed by atoms with Crippen molar-refractivity contribution in [3.8, 4) is 5.75 Å². The summed E-state index contributed by atoms with van der Waals surface area (Å²) in [6, 6.07) is 8.28. The first-order valence-electron chi connectivity index (χ1n) is 9.20. The Hall–Kier alpha value is -1.63. The molecule has 2 N–H and O–H groups in total. The second kappa shape index (κ2) is 9.17. The summed E-state index contributed by atoms with van der Waals surface area (Å²) in [4.78, 5) is 14.6. The van der Waals surface area contributed by atoms with Crippen LogP contribution in [-0.4, -0.2) is 63.4 Å². The van der Waals surface area contributed by atoms with Crippen molar-refractivity contribution in [3.05, 3.63) is 29.8 Å². The lowest BCUT2D eigenvalue weighted by Crippen LogP contribution is -2.49. The number of nitrogens with zero attached hydrogens (tertiary/aromatic N) is 1. The van der Waals surface area contributed by atoms with Crippen molar-refractivity contribution in [2.75, 3.05) is 46.4 Å². The first-order chi connectivity index (χ1) is 12.2. The zero-order valence-electron chi connectivity index (χ0n) is 15.0. The van der Waals surface area contributed by atoms with Gasteiger partial charge in [0, 0.05) is 26.2 Å². The standard InChI is InChI=1S/C19H29N3O3/c1-24-17-4-2-16(3-5-17)14-22-9-6-15(7-10-22)12-21-19(23)18-13-20-8-11-25-18/h2-5,15,18,20H,6-14H2,1H3,(H,21,23)/t18-/m1/s1. The number of piperidine rings is 1. The SMILES string of the molecule is COc1ccc(CN2CCC(CNC(=O)[C@H]3CNCCO3)CC2)cc1. The summed E-state index contributed by atoms with van der Waals surface area (Å²) >= 11 is 0. The normalized spacial score (nSPS) is 22.5. The van der Waals surface area contributed by atoms with E-state index in [1.54, 1.807) is 7.11 Å². The summed E-state index contributed by atoms with van der Waals surface area (Å²) < 4.78 is 10.7. The lowest BCUT2D eigenvalue weighted by molar-refractivity contribution is -0.134. The number of methoxy groups -OCH3 is 1. The monoisotopic (exact) mass is 347 g/mol. The van der Waals surface area contributed by atoms with Crippen molar-refractivity contribution in [3.63, 3.8) is 0 Å². The Morgan fingerprint density at radius 1 is 1.32 bits per heavy atom. The fourth-order valence-corrected chi connectivity index (χ4v) is 3.43. The number of likely N-dealkylation sites (tertiary alicyclic amines) is 1. The van der Waals surface area contributed by atoms with Gasteiger partial charge in [-0.15, -0.1) is 0 Å². The van der Waals surface area contributed by atoms with Crippen LogP contribution in [0.25, 0.3) is 0 Å². The van der Waals surface area contributed by atoms with Gasteiger partial charge >= 0.3 is 0 Å². The molecule has 1 aromatic rings. The van der Waals surface area contributed by atoms with Crippen LogP contribution in [0, 0.1) is 5.92 Å². The maximum absolute atomic E-state index is 12.1. The average Bonchev–Trinajstić information content (AvgIpc) is 2.68. The molecule has 0 bridgehead atoms. The molecule has 0 aromatic heterocycles. The Labute approximate surface area is 149 Å². The summed E-state index contributed by atoms with van der Waals surface area (Å²) in [6.07, 6.45) is 1.92.